The third kappa shape index (κ3) is 1.56. The summed E-state index contributed by atoms with van der Waals surface area (Å²) in [6.07, 6.45) is 7.79. The van der Waals surface area contributed by atoms with Crippen LogP contribution in [0.2, 0.25) is 0 Å². The third-order valence-corrected chi connectivity index (χ3v) is 3.62. The molecule has 68 valence electrons. The Hall–Kier alpha value is -0.960. The number of rotatable bonds is 1. The van der Waals surface area contributed by atoms with E-state index in [1.807, 2.05) is 17.8 Å². The minimum absolute atomic E-state index is 0.489. The van der Waals surface area contributed by atoms with Crippen LogP contribution in [0.25, 0.3) is 0 Å². The number of thioether (sulfide) groups is 1. The first kappa shape index (κ1) is 8.63. The van der Waals surface area contributed by atoms with Crippen molar-refractivity contribution in [1.82, 2.24) is 0 Å². The van der Waals surface area contributed by atoms with Gasteiger partial charge in [-0.05, 0) is 17.9 Å². The standard InChI is InChI=1S/C10H11NOS/c1-7-6-13-10-3-2-8(5-11-12)4-9(7)10/h2-6,9-10,12H,1H3. The van der Waals surface area contributed by atoms with Gasteiger partial charge in [0.15, 0.2) is 0 Å². The molecule has 13 heavy (non-hydrogen) atoms. The lowest BCUT2D eigenvalue weighted by atomic mass is 9.91. The lowest BCUT2D eigenvalue weighted by Gasteiger charge is -2.18. The Morgan fingerprint density at radius 2 is 2.46 bits per heavy atom. The van der Waals surface area contributed by atoms with E-state index in [0.717, 1.165) is 5.57 Å². The second-order valence-electron chi connectivity index (χ2n) is 3.26. The summed E-state index contributed by atoms with van der Waals surface area (Å²) in [5.74, 6) is 0.489. The Morgan fingerprint density at radius 1 is 1.62 bits per heavy atom. The zero-order valence-corrected chi connectivity index (χ0v) is 8.16. The molecule has 0 aromatic carbocycles. The second kappa shape index (κ2) is 3.42. The summed E-state index contributed by atoms with van der Waals surface area (Å²) in [5, 5.41) is 14.2. The molecule has 0 amide bonds. The van der Waals surface area contributed by atoms with Crippen molar-refractivity contribution in [3.63, 3.8) is 0 Å². The van der Waals surface area contributed by atoms with Crippen LogP contribution in [0.1, 0.15) is 6.92 Å². The number of nitrogens with zero attached hydrogens (tertiary/aromatic N) is 1. The topological polar surface area (TPSA) is 32.6 Å². The van der Waals surface area contributed by atoms with Gasteiger partial charge in [0, 0.05) is 11.2 Å². The third-order valence-electron chi connectivity index (χ3n) is 2.35. The van der Waals surface area contributed by atoms with E-state index >= 15 is 0 Å². The van der Waals surface area contributed by atoms with Crippen molar-refractivity contribution in [3.05, 3.63) is 34.8 Å². The van der Waals surface area contributed by atoms with Crippen molar-refractivity contribution >= 4 is 18.0 Å². The van der Waals surface area contributed by atoms with Crippen LogP contribution in [-0.2, 0) is 0 Å². The number of fused-ring (bicyclic) bond motifs is 1. The fraction of sp³-hybridized carbons (Fsp3) is 0.300. The first-order valence-electron chi connectivity index (χ1n) is 4.21. The van der Waals surface area contributed by atoms with Gasteiger partial charge in [-0.1, -0.05) is 29.0 Å². The smallest absolute Gasteiger partial charge is 0.0730 e. The van der Waals surface area contributed by atoms with E-state index in [1.54, 1.807) is 0 Å². The van der Waals surface area contributed by atoms with E-state index in [0.29, 0.717) is 11.2 Å². The van der Waals surface area contributed by atoms with Gasteiger partial charge in [-0.3, -0.25) is 0 Å². The molecule has 0 saturated carbocycles. The molecular formula is C10H11NOS. The number of hydrogen-bond donors (Lipinski definition) is 1. The predicted molar refractivity (Wildman–Crippen MR) is 56.1 cm³/mol. The number of hydrogen-bond acceptors (Lipinski definition) is 3. The van der Waals surface area contributed by atoms with Crippen LogP contribution in [0.4, 0.5) is 0 Å². The molecule has 2 atom stereocenters. The largest absolute Gasteiger partial charge is 0.411 e. The minimum Gasteiger partial charge on any atom is -0.411 e. The van der Waals surface area contributed by atoms with E-state index in [9.17, 15) is 0 Å². The summed E-state index contributed by atoms with van der Waals surface area (Å²) in [4.78, 5) is 0. The maximum atomic E-state index is 8.40. The monoisotopic (exact) mass is 193 g/mol. The van der Waals surface area contributed by atoms with Gasteiger partial charge in [-0.2, -0.15) is 0 Å². The molecule has 2 aliphatic rings. The average molecular weight is 193 g/mol. The van der Waals surface area contributed by atoms with E-state index in [-0.39, 0.29) is 0 Å². The van der Waals surface area contributed by atoms with Gasteiger partial charge in [0.2, 0.25) is 0 Å². The first-order valence-corrected chi connectivity index (χ1v) is 5.15. The van der Waals surface area contributed by atoms with Crippen molar-refractivity contribution < 1.29 is 5.21 Å². The van der Waals surface area contributed by atoms with Gasteiger partial charge in [0.25, 0.3) is 0 Å². The fourth-order valence-corrected chi connectivity index (χ4v) is 2.78. The van der Waals surface area contributed by atoms with Gasteiger partial charge in [0.1, 0.15) is 0 Å². The Labute approximate surface area is 81.7 Å². The molecule has 0 fully saturated rings. The van der Waals surface area contributed by atoms with Gasteiger partial charge >= 0.3 is 0 Å². The summed E-state index contributed by atoms with van der Waals surface area (Å²) in [5.41, 5.74) is 2.38. The van der Waals surface area contributed by atoms with E-state index in [2.05, 4.69) is 29.6 Å². The maximum absolute atomic E-state index is 8.40. The van der Waals surface area contributed by atoms with E-state index < -0.39 is 0 Å². The molecule has 0 bridgehead atoms. The average Bonchev–Trinajstić information content (AvgIpc) is 2.49. The number of oxime groups is 1. The van der Waals surface area contributed by atoms with Gasteiger partial charge in [-0.25, -0.2) is 0 Å². The van der Waals surface area contributed by atoms with Crippen molar-refractivity contribution in [3.8, 4) is 0 Å². The summed E-state index contributed by atoms with van der Waals surface area (Å²) in [6, 6.07) is 0. The summed E-state index contributed by atoms with van der Waals surface area (Å²) < 4.78 is 0. The molecular weight excluding hydrogens is 182 g/mol. The molecule has 1 heterocycles. The molecule has 1 N–H and O–H groups in total. The highest BCUT2D eigenvalue weighted by atomic mass is 32.2. The normalized spacial score (nSPS) is 31.8. The molecule has 1 aliphatic carbocycles. The van der Waals surface area contributed by atoms with Crippen LogP contribution in [0.5, 0.6) is 0 Å². The first-order chi connectivity index (χ1) is 6.31. The summed E-state index contributed by atoms with van der Waals surface area (Å²) >= 11 is 1.85. The van der Waals surface area contributed by atoms with Crippen LogP contribution < -0.4 is 0 Å². The van der Waals surface area contributed by atoms with E-state index in [4.69, 9.17) is 5.21 Å². The van der Waals surface area contributed by atoms with Crippen LogP contribution in [0.3, 0.4) is 0 Å². The SMILES string of the molecule is CC1=CSC2C=CC(C=NO)=CC12. The van der Waals surface area contributed by atoms with Crippen molar-refractivity contribution in [2.75, 3.05) is 0 Å². The molecule has 0 aromatic heterocycles. The van der Waals surface area contributed by atoms with Gasteiger partial charge in [0.05, 0.1) is 6.21 Å². The summed E-state index contributed by atoms with van der Waals surface area (Å²) in [6.45, 7) is 2.14. The number of allylic oxidation sites excluding steroid dienone is 4. The van der Waals surface area contributed by atoms with E-state index in [1.165, 1.54) is 11.8 Å². The van der Waals surface area contributed by atoms with Gasteiger partial charge in [-0.15, -0.1) is 11.8 Å². The molecule has 0 saturated heterocycles. The zero-order valence-electron chi connectivity index (χ0n) is 7.34. The molecule has 0 spiro atoms. The maximum Gasteiger partial charge on any atom is 0.0730 e. The van der Waals surface area contributed by atoms with Crippen LogP contribution >= 0.6 is 11.8 Å². The predicted octanol–water partition coefficient (Wildman–Crippen LogP) is 2.58. The minimum atomic E-state index is 0.489. The zero-order chi connectivity index (χ0) is 9.26. The lowest BCUT2D eigenvalue weighted by Crippen LogP contribution is -2.13. The van der Waals surface area contributed by atoms with Crippen molar-refractivity contribution in [2.45, 2.75) is 12.2 Å². The summed E-state index contributed by atoms with van der Waals surface area (Å²) in [7, 11) is 0. The quantitative estimate of drug-likeness (QED) is 0.394. The Bertz CT molecular complexity index is 328. The van der Waals surface area contributed by atoms with Crippen LogP contribution in [0, 0.1) is 5.92 Å². The Kier molecular flexibility index (Phi) is 2.27. The van der Waals surface area contributed by atoms with Crippen LogP contribution in [-0.4, -0.2) is 16.7 Å². The molecule has 1 aliphatic heterocycles. The van der Waals surface area contributed by atoms with Gasteiger partial charge < -0.3 is 5.21 Å². The van der Waals surface area contributed by atoms with Crippen molar-refractivity contribution in [1.29, 1.82) is 0 Å². The highest BCUT2D eigenvalue weighted by Crippen LogP contribution is 2.39. The molecule has 2 unspecified atom stereocenters. The molecule has 0 aromatic rings. The van der Waals surface area contributed by atoms with Crippen LogP contribution in [0.15, 0.2) is 39.9 Å². The Balaban J connectivity index is 2.24. The molecule has 0 radical (unpaired) electrons. The van der Waals surface area contributed by atoms with Crippen molar-refractivity contribution in [2.24, 2.45) is 11.1 Å². The molecule has 3 heteroatoms. The highest BCUT2D eigenvalue weighted by molar-refractivity contribution is 8.03. The lowest BCUT2D eigenvalue weighted by molar-refractivity contribution is 0.322. The fourth-order valence-electron chi connectivity index (χ4n) is 1.62. The molecule has 2 rings (SSSR count). The molecule has 2 nitrogen and oxygen atoms in total. The highest BCUT2D eigenvalue weighted by Gasteiger charge is 2.26. The second-order valence-corrected chi connectivity index (χ2v) is 4.31. The Morgan fingerprint density at radius 3 is 3.23 bits per heavy atom.